The summed E-state index contributed by atoms with van der Waals surface area (Å²) in [5.74, 6) is -0.584. The van der Waals surface area contributed by atoms with Crippen molar-refractivity contribution in [3.05, 3.63) is 40.7 Å². The maximum Gasteiger partial charge on any atom is 0.230 e. The molecule has 1 heterocycles. The highest BCUT2D eigenvalue weighted by Gasteiger charge is 2.09. The number of carbonyl (C=O) groups is 1. The van der Waals surface area contributed by atoms with Gasteiger partial charge < -0.3 is 11.1 Å². The van der Waals surface area contributed by atoms with Crippen molar-refractivity contribution in [3.8, 4) is 0 Å². The van der Waals surface area contributed by atoms with Gasteiger partial charge in [-0.1, -0.05) is 6.07 Å². The Bertz CT molecular complexity index is 582. The van der Waals surface area contributed by atoms with E-state index in [0.717, 1.165) is 0 Å². The summed E-state index contributed by atoms with van der Waals surface area (Å²) in [6, 6.07) is 4.57. The van der Waals surface area contributed by atoms with E-state index in [1.807, 2.05) is 0 Å². The van der Waals surface area contributed by atoms with Crippen LogP contribution in [-0.4, -0.2) is 10.9 Å². The van der Waals surface area contributed by atoms with Crippen LogP contribution in [-0.2, 0) is 11.2 Å². The Balaban J connectivity index is 2.05. The Morgan fingerprint density at radius 3 is 3.00 bits per heavy atom. The molecule has 1 aromatic carbocycles. The molecule has 0 spiro atoms. The van der Waals surface area contributed by atoms with E-state index in [9.17, 15) is 9.18 Å². The molecule has 0 aliphatic heterocycles. The molecule has 1 aromatic heterocycles. The van der Waals surface area contributed by atoms with E-state index in [2.05, 4.69) is 10.3 Å². The van der Waals surface area contributed by atoms with Gasteiger partial charge in [0.25, 0.3) is 0 Å². The smallest absolute Gasteiger partial charge is 0.230 e. The molecular formula is C12H12FN3OS. The van der Waals surface area contributed by atoms with Crippen LogP contribution in [0.25, 0.3) is 0 Å². The fourth-order valence-corrected chi connectivity index (χ4v) is 2.07. The molecule has 4 nitrogen and oxygen atoms in total. The molecule has 94 valence electrons. The van der Waals surface area contributed by atoms with Gasteiger partial charge in [0.05, 0.1) is 12.1 Å². The molecule has 0 fully saturated rings. The number of hydrogen-bond acceptors (Lipinski definition) is 4. The van der Waals surface area contributed by atoms with E-state index >= 15 is 0 Å². The lowest BCUT2D eigenvalue weighted by Gasteiger charge is -2.07. The minimum absolute atomic E-state index is 0.129. The molecule has 6 heteroatoms. The van der Waals surface area contributed by atoms with Crippen LogP contribution in [0.5, 0.6) is 0 Å². The molecule has 2 aromatic rings. The van der Waals surface area contributed by atoms with Gasteiger partial charge in [0.2, 0.25) is 5.91 Å². The van der Waals surface area contributed by atoms with E-state index in [1.54, 1.807) is 24.4 Å². The van der Waals surface area contributed by atoms with Gasteiger partial charge in [-0.05, 0) is 19.1 Å². The molecule has 2 rings (SSSR count). The maximum atomic E-state index is 13.3. The Morgan fingerprint density at radius 2 is 2.33 bits per heavy atom. The summed E-state index contributed by atoms with van der Waals surface area (Å²) in [5, 5.41) is 4.81. The first-order valence-corrected chi connectivity index (χ1v) is 6.19. The van der Waals surface area contributed by atoms with Gasteiger partial charge in [-0.3, -0.25) is 4.79 Å². The van der Waals surface area contributed by atoms with Crippen molar-refractivity contribution in [1.29, 1.82) is 0 Å². The van der Waals surface area contributed by atoms with Gasteiger partial charge in [-0.2, -0.15) is 0 Å². The second kappa shape index (κ2) is 5.14. The first-order chi connectivity index (χ1) is 8.56. The van der Waals surface area contributed by atoms with Crippen LogP contribution in [0.1, 0.15) is 11.3 Å². The van der Waals surface area contributed by atoms with Gasteiger partial charge in [-0.15, -0.1) is 11.3 Å². The molecule has 0 atom stereocenters. The Morgan fingerprint density at radius 1 is 1.56 bits per heavy atom. The summed E-state index contributed by atoms with van der Waals surface area (Å²) < 4.78 is 13.3. The molecule has 0 aliphatic carbocycles. The molecule has 18 heavy (non-hydrogen) atoms. The number of halogens is 1. The fraction of sp³-hybridized carbons (Fsp3) is 0.167. The first kappa shape index (κ1) is 12.5. The third kappa shape index (κ3) is 2.84. The zero-order valence-electron chi connectivity index (χ0n) is 9.74. The predicted octanol–water partition coefficient (Wildman–Crippen LogP) is 2.35. The lowest BCUT2D eigenvalue weighted by molar-refractivity contribution is -0.115. The topological polar surface area (TPSA) is 68.0 Å². The second-order valence-electron chi connectivity index (χ2n) is 3.81. The zero-order chi connectivity index (χ0) is 13.1. The summed E-state index contributed by atoms with van der Waals surface area (Å²) in [5.41, 5.74) is 6.99. The van der Waals surface area contributed by atoms with Crippen LogP contribution in [0.2, 0.25) is 0 Å². The van der Waals surface area contributed by atoms with Crippen molar-refractivity contribution in [3.63, 3.8) is 0 Å². The summed E-state index contributed by atoms with van der Waals surface area (Å²) in [7, 11) is 0. The highest BCUT2D eigenvalue weighted by Crippen LogP contribution is 2.18. The van der Waals surface area contributed by atoms with Crippen molar-refractivity contribution < 1.29 is 9.18 Å². The second-order valence-corrected chi connectivity index (χ2v) is 4.70. The summed E-state index contributed by atoms with van der Waals surface area (Å²) >= 11 is 1.28. The van der Waals surface area contributed by atoms with Crippen molar-refractivity contribution >= 4 is 28.1 Å². The van der Waals surface area contributed by atoms with Gasteiger partial charge in [0.1, 0.15) is 5.82 Å². The van der Waals surface area contributed by atoms with Crippen LogP contribution < -0.4 is 11.1 Å². The van der Waals surface area contributed by atoms with Crippen molar-refractivity contribution in [2.75, 3.05) is 11.1 Å². The Labute approximate surface area is 108 Å². The van der Waals surface area contributed by atoms with E-state index in [4.69, 9.17) is 5.73 Å². The molecule has 0 aliphatic rings. The van der Waals surface area contributed by atoms with Gasteiger partial charge in [0, 0.05) is 16.6 Å². The van der Waals surface area contributed by atoms with Crippen molar-refractivity contribution in [2.45, 2.75) is 13.3 Å². The van der Waals surface area contributed by atoms with E-state index in [1.165, 1.54) is 17.4 Å². The Kier molecular flexibility index (Phi) is 3.57. The number of nitrogens with zero attached hydrogens (tertiary/aromatic N) is 1. The molecular weight excluding hydrogens is 253 g/mol. The number of thiazole rings is 1. The third-order valence-corrected chi connectivity index (χ3v) is 3.18. The minimum atomic E-state index is -0.342. The number of benzene rings is 1. The van der Waals surface area contributed by atoms with Crippen LogP contribution in [0.15, 0.2) is 23.6 Å². The van der Waals surface area contributed by atoms with Gasteiger partial charge in [-0.25, -0.2) is 9.37 Å². The highest BCUT2D eigenvalue weighted by atomic mass is 32.1. The first-order valence-electron chi connectivity index (χ1n) is 5.31. The number of anilines is 2. The number of nitrogens with two attached hydrogens (primary N) is 1. The normalized spacial score (nSPS) is 10.3. The molecule has 1 amide bonds. The highest BCUT2D eigenvalue weighted by molar-refractivity contribution is 7.13. The molecule has 0 saturated heterocycles. The SMILES string of the molecule is Cc1c(F)cccc1NC(=O)Cc1csc(N)n1. The number of hydrogen-bond donors (Lipinski definition) is 2. The maximum absolute atomic E-state index is 13.3. The third-order valence-electron chi connectivity index (χ3n) is 2.45. The summed E-state index contributed by atoms with van der Waals surface area (Å²) in [6.45, 7) is 1.62. The predicted molar refractivity (Wildman–Crippen MR) is 70.0 cm³/mol. The van der Waals surface area contributed by atoms with Gasteiger partial charge in [0.15, 0.2) is 5.13 Å². The number of nitrogens with one attached hydrogen (secondary N) is 1. The number of amides is 1. The largest absolute Gasteiger partial charge is 0.375 e. The molecule has 0 radical (unpaired) electrons. The zero-order valence-corrected chi connectivity index (χ0v) is 10.6. The summed E-state index contributed by atoms with van der Waals surface area (Å²) in [4.78, 5) is 15.7. The number of rotatable bonds is 3. The molecule has 3 N–H and O–H groups in total. The lowest BCUT2D eigenvalue weighted by Crippen LogP contribution is -2.15. The molecule has 0 unspecified atom stereocenters. The fourth-order valence-electron chi connectivity index (χ4n) is 1.51. The average Bonchev–Trinajstić information content (AvgIpc) is 2.70. The van der Waals surface area contributed by atoms with Crippen LogP contribution in [0, 0.1) is 12.7 Å². The molecule has 0 bridgehead atoms. The van der Waals surface area contributed by atoms with E-state index < -0.39 is 0 Å². The van der Waals surface area contributed by atoms with Crippen molar-refractivity contribution in [1.82, 2.24) is 4.98 Å². The van der Waals surface area contributed by atoms with E-state index in [-0.39, 0.29) is 18.1 Å². The van der Waals surface area contributed by atoms with Crippen LogP contribution in [0.3, 0.4) is 0 Å². The van der Waals surface area contributed by atoms with Crippen LogP contribution in [0.4, 0.5) is 15.2 Å². The van der Waals surface area contributed by atoms with E-state index in [0.29, 0.717) is 22.1 Å². The van der Waals surface area contributed by atoms with Crippen molar-refractivity contribution in [2.24, 2.45) is 0 Å². The minimum Gasteiger partial charge on any atom is -0.375 e. The van der Waals surface area contributed by atoms with Crippen LogP contribution >= 0.6 is 11.3 Å². The average molecular weight is 265 g/mol. The Hall–Kier alpha value is -1.95. The lowest BCUT2D eigenvalue weighted by atomic mass is 10.2. The number of aromatic nitrogens is 1. The number of nitrogen functional groups attached to an aromatic ring is 1. The summed E-state index contributed by atoms with van der Waals surface area (Å²) in [6.07, 6.45) is 0.129. The number of carbonyl (C=O) groups excluding carboxylic acids is 1. The van der Waals surface area contributed by atoms with Gasteiger partial charge >= 0.3 is 0 Å². The monoisotopic (exact) mass is 265 g/mol. The molecule has 0 saturated carbocycles. The quantitative estimate of drug-likeness (QED) is 0.895. The standard InChI is InChI=1S/C12H12FN3OS/c1-7-9(13)3-2-4-10(7)16-11(17)5-8-6-18-12(14)15-8/h2-4,6H,5H2,1H3,(H2,14,15)(H,16,17).